The Balaban J connectivity index is 2.40. The molecule has 22 heavy (non-hydrogen) atoms. The summed E-state index contributed by atoms with van der Waals surface area (Å²) < 4.78 is 44.8. The molecule has 0 saturated carbocycles. The Labute approximate surface area is 139 Å². The predicted octanol–water partition coefficient (Wildman–Crippen LogP) is 4.76. The van der Waals surface area contributed by atoms with Crippen LogP contribution in [0.3, 0.4) is 0 Å². The van der Waals surface area contributed by atoms with Gasteiger partial charge in [0.15, 0.2) is 0 Å². The van der Waals surface area contributed by atoms with Gasteiger partial charge in [-0.25, -0.2) is 4.79 Å². The Kier molecular flexibility index (Phi) is 4.47. The summed E-state index contributed by atoms with van der Waals surface area (Å²) in [5.41, 5.74) is 0.139. The zero-order valence-corrected chi connectivity index (χ0v) is 14.4. The first-order chi connectivity index (χ1) is 9.96. The molecule has 1 heterocycles. The van der Waals surface area contributed by atoms with E-state index in [1.54, 1.807) is 26.8 Å². The highest BCUT2D eigenvalue weighted by Gasteiger charge is 2.29. The maximum Gasteiger partial charge on any atom is 0.406 e. The lowest BCUT2D eigenvalue weighted by atomic mass is 10.1. The number of nitrogens with zero attached hydrogens (tertiary/aromatic N) is 1. The SMILES string of the molecule is CC(C)(C)OC(=O)c1ccc2c(c1)c(I)cn2CC(F)(F)F. The standard InChI is InChI=1S/C15H15F3INO2/c1-14(2,3)22-13(21)9-4-5-12-10(6-9)11(19)7-20(12)8-15(16,17)18/h4-7H,8H2,1-3H3. The third-order valence-electron chi connectivity index (χ3n) is 2.82. The molecule has 0 aliphatic heterocycles. The fourth-order valence-electron chi connectivity index (χ4n) is 2.04. The van der Waals surface area contributed by atoms with E-state index in [2.05, 4.69) is 0 Å². The van der Waals surface area contributed by atoms with Gasteiger partial charge in [-0.15, -0.1) is 0 Å². The van der Waals surface area contributed by atoms with Gasteiger partial charge in [-0.2, -0.15) is 13.2 Å². The van der Waals surface area contributed by atoms with Crippen molar-refractivity contribution in [2.45, 2.75) is 39.1 Å². The molecule has 0 spiro atoms. The topological polar surface area (TPSA) is 31.2 Å². The van der Waals surface area contributed by atoms with Crippen LogP contribution < -0.4 is 0 Å². The van der Waals surface area contributed by atoms with Crippen molar-refractivity contribution in [1.82, 2.24) is 4.57 Å². The zero-order chi connectivity index (χ0) is 16.7. The number of halogens is 4. The van der Waals surface area contributed by atoms with E-state index in [0.717, 1.165) is 4.57 Å². The van der Waals surface area contributed by atoms with Crippen LogP contribution in [0.1, 0.15) is 31.1 Å². The number of carbonyl (C=O) groups is 1. The molecule has 3 nitrogen and oxygen atoms in total. The Bertz CT molecular complexity index is 714. The summed E-state index contributed by atoms with van der Waals surface area (Å²) in [6, 6.07) is 4.57. The van der Waals surface area contributed by atoms with Crippen LogP contribution in [0.2, 0.25) is 0 Å². The quantitative estimate of drug-likeness (QED) is 0.513. The van der Waals surface area contributed by atoms with Crippen LogP contribution in [0.4, 0.5) is 13.2 Å². The van der Waals surface area contributed by atoms with Gasteiger partial charge in [0.05, 0.1) is 5.56 Å². The number of rotatable bonds is 2. The summed E-state index contributed by atoms with van der Waals surface area (Å²) in [5, 5.41) is 0.605. The summed E-state index contributed by atoms with van der Waals surface area (Å²) in [5.74, 6) is -0.492. The molecule has 0 bridgehead atoms. The number of hydrogen-bond donors (Lipinski definition) is 0. The van der Waals surface area contributed by atoms with Crippen LogP contribution in [-0.2, 0) is 11.3 Å². The number of fused-ring (bicyclic) bond motifs is 1. The Morgan fingerprint density at radius 2 is 1.91 bits per heavy atom. The van der Waals surface area contributed by atoms with E-state index in [9.17, 15) is 18.0 Å². The lowest BCUT2D eigenvalue weighted by molar-refractivity contribution is -0.139. The third-order valence-corrected chi connectivity index (χ3v) is 3.68. The van der Waals surface area contributed by atoms with Crippen molar-refractivity contribution in [3.05, 3.63) is 33.5 Å². The third kappa shape index (κ3) is 4.15. The Morgan fingerprint density at radius 1 is 1.27 bits per heavy atom. The van der Waals surface area contributed by atoms with Gasteiger partial charge in [-0.1, -0.05) is 0 Å². The van der Waals surface area contributed by atoms with Crippen LogP contribution in [0, 0.1) is 3.57 Å². The van der Waals surface area contributed by atoms with Crippen molar-refractivity contribution < 1.29 is 22.7 Å². The normalized spacial score (nSPS) is 12.7. The van der Waals surface area contributed by atoms with Gasteiger partial charge < -0.3 is 9.30 Å². The molecule has 0 unspecified atom stereocenters. The summed E-state index contributed by atoms with van der Waals surface area (Å²) in [6.07, 6.45) is -2.86. The average Bonchev–Trinajstić information content (AvgIpc) is 2.61. The van der Waals surface area contributed by atoms with Crippen LogP contribution in [-0.4, -0.2) is 22.3 Å². The van der Waals surface area contributed by atoms with Gasteiger partial charge in [-0.05, 0) is 61.6 Å². The molecule has 1 aromatic heterocycles. The highest BCUT2D eigenvalue weighted by Crippen LogP contribution is 2.28. The lowest BCUT2D eigenvalue weighted by Gasteiger charge is -2.19. The van der Waals surface area contributed by atoms with Crippen LogP contribution in [0.5, 0.6) is 0 Å². The number of carbonyl (C=O) groups excluding carboxylic acids is 1. The van der Waals surface area contributed by atoms with E-state index in [0.29, 0.717) is 20.0 Å². The van der Waals surface area contributed by atoms with E-state index in [-0.39, 0.29) is 0 Å². The van der Waals surface area contributed by atoms with Gasteiger partial charge in [0, 0.05) is 20.7 Å². The predicted molar refractivity (Wildman–Crippen MR) is 85.9 cm³/mol. The molecule has 7 heteroatoms. The number of aromatic nitrogens is 1. The fraction of sp³-hybridized carbons (Fsp3) is 0.400. The summed E-state index contributed by atoms with van der Waals surface area (Å²) >= 11 is 1.96. The molecule has 0 saturated heterocycles. The van der Waals surface area contributed by atoms with Gasteiger partial charge in [0.25, 0.3) is 0 Å². The first-order valence-corrected chi connectivity index (χ1v) is 7.63. The second kappa shape index (κ2) is 5.75. The molecule has 0 N–H and O–H groups in total. The van der Waals surface area contributed by atoms with Crippen LogP contribution >= 0.6 is 22.6 Å². The molecule has 0 atom stereocenters. The van der Waals surface area contributed by atoms with Gasteiger partial charge >= 0.3 is 12.1 Å². The monoisotopic (exact) mass is 425 g/mol. The van der Waals surface area contributed by atoms with Gasteiger partial charge in [0.2, 0.25) is 0 Å². The van der Waals surface area contributed by atoms with E-state index in [1.165, 1.54) is 18.3 Å². The second-order valence-corrected chi connectivity index (χ2v) is 7.12. The molecule has 0 radical (unpaired) electrons. The molecule has 2 rings (SSSR count). The maximum absolute atomic E-state index is 12.6. The largest absolute Gasteiger partial charge is 0.456 e. The van der Waals surface area contributed by atoms with Crippen molar-refractivity contribution in [1.29, 1.82) is 0 Å². The van der Waals surface area contributed by atoms with Gasteiger partial charge in [-0.3, -0.25) is 0 Å². The highest BCUT2D eigenvalue weighted by molar-refractivity contribution is 14.1. The fourth-order valence-corrected chi connectivity index (χ4v) is 2.81. The Hall–Kier alpha value is -1.25. The van der Waals surface area contributed by atoms with E-state index in [1.807, 2.05) is 22.6 Å². The molecule has 0 amide bonds. The number of hydrogen-bond acceptors (Lipinski definition) is 2. The Morgan fingerprint density at radius 3 is 2.45 bits per heavy atom. The lowest BCUT2D eigenvalue weighted by Crippen LogP contribution is -2.23. The smallest absolute Gasteiger partial charge is 0.406 e. The molecule has 0 aliphatic carbocycles. The summed E-state index contributed by atoms with van der Waals surface area (Å²) in [6.45, 7) is 4.21. The van der Waals surface area contributed by atoms with Crippen molar-refractivity contribution in [2.75, 3.05) is 0 Å². The average molecular weight is 425 g/mol. The van der Waals surface area contributed by atoms with E-state index < -0.39 is 24.3 Å². The van der Waals surface area contributed by atoms with E-state index >= 15 is 0 Å². The minimum absolute atomic E-state index is 0.324. The van der Waals surface area contributed by atoms with E-state index in [4.69, 9.17) is 4.74 Å². The molecule has 0 aliphatic rings. The van der Waals surface area contributed by atoms with Crippen LogP contribution in [0.15, 0.2) is 24.4 Å². The highest BCUT2D eigenvalue weighted by atomic mass is 127. The minimum Gasteiger partial charge on any atom is -0.456 e. The maximum atomic E-state index is 12.6. The second-order valence-electron chi connectivity index (χ2n) is 5.95. The summed E-state index contributed by atoms with van der Waals surface area (Å²) in [4.78, 5) is 12.0. The van der Waals surface area contributed by atoms with Crippen molar-refractivity contribution >= 4 is 39.5 Å². The van der Waals surface area contributed by atoms with Crippen molar-refractivity contribution in [3.8, 4) is 0 Å². The minimum atomic E-state index is -4.29. The van der Waals surface area contributed by atoms with Crippen molar-refractivity contribution in [2.24, 2.45) is 0 Å². The zero-order valence-electron chi connectivity index (χ0n) is 12.3. The molecular formula is C15H15F3INO2. The molecular weight excluding hydrogens is 410 g/mol. The molecule has 1 aromatic carbocycles. The number of esters is 1. The van der Waals surface area contributed by atoms with Gasteiger partial charge in [0.1, 0.15) is 12.1 Å². The number of ether oxygens (including phenoxy) is 1. The van der Waals surface area contributed by atoms with Crippen LogP contribution in [0.25, 0.3) is 10.9 Å². The first kappa shape index (κ1) is 17.1. The summed E-state index contributed by atoms with van der Waals surface area (Å²) in [7, 11) is 0. The first-order valence-electron chi connectivity index (χ1n) is 6.55. The van der Waals surface area contributed by atoms with Crippen molar-refractivity contribution in [3.63, 3.8) is 0 Å². The molecule has 2 aromatic rings. The molecule has 0 fully saturated rings. The number of alkyl halides is 3. The molecule has 120 valence electrons. The number of benzene rings is 1.